The summed E-state index contributed by atoms with van der Waals surface area (Å²) in [6.07, 6.45) is -4.23. The fourth-order valence-electron chi connectivity index (χ4n) is 1.53. The van der Waals surface area contributed by atoms with E-state index in [0.717, 1.165) is 0 Å². The zero-order valence-electron chi connectivity index (χ0n) is 11.3. The minimum absolute atomic E-state index is 0.0675. The van der Waals surface area contributed by atoms with Crippen LogP contribution in [0.1, 0.15) is 17.5 Å². The van der Waals surface area contributed by atoms with Crippen LogP contribution in [-0.2, 0) is 12.6 Å². The van der Waals surface area contributed by atoms with Gasteiger partial charge in [0.2, 0.25) is 11.7 Å². The van der Waals surface area contributed by atoms with Crippen LogP contribution in [0.4, 0.5) is 24.8 Å². The van der Waals surface area contributed by atoms with Crippen molar-refractivity contribution in [3.05, 3.63) is 23.6 Å². The molecule has 2 aromatic rings. The molecule has 0 radical (unpaired) electrons. The van der Waals surface area contributed by atoms with E-state index >= 15 is 0 Å². The Bertz CT molecular complexity index is 612. The summed E-state index contributed by atoms with van der Waals surface area (Å²) in [7, 11) is 1.48. The second-order valence-corrected chi connectivity index (χ2v) is 4.12. The molecule has 2 N–H and O–H groups in total. The lowest BCUT2D eigenvalue weighted by atomic mass is 10.4. The van der Waals surface area contributed by atoms with E-state index < -0.39 is 12.0 Å². The third kappa shape index (κ3) is 4.04. The first kappa shape index (κ1) is 15.0. The van der Waals surface area contributed by atoms with Crippen LogP contribution < -0.4 is 10.6 Å². The third-order valence-corrected chi connectivity index (χ3v) is 2.45. The highest BCUT2D eigenvalue weighted by Crippen LogP contribution is 2.28. The normalized spacial score (nSPS) is 11.5. The van der Waals surface area contributed by atoms with Gasteiger partial charge in [-0.15, -0.1) is 0 Å². The zero-order chi connectivity index (χ0) is 15.5. The van der Waals surface area contributed by atoms with E-state index in [1.54, 1.807) is 6.92 Å². The quantitative estimate of drug-likeness (QED) is 0.871. The van der Waals surface area contributed by atoms with Crippen LogP contribution in [0.25, 0.3) is 0 Å². The van der Waals surface area contributed by atoms with Crippen molar-refractivity contribution in [2.24, 2.45) is 0 Å². The molecule has 7 nitrogen and oxygen atoms in total. The summed E-state index contributed by atoms with van der Waals surface area (Å²) in [5, 5.41) is 8.95. The fraction of sp³-hybridized carbons (Fsp3) is 0.455. The van der Waals surface area contributed by atoms with Gasteiger partial charge in [-0.2, -0.15) is 18.2 Å². The molecular weight excluding hydrogens is 289 g/mol. The Morgan fingerprint density at radius 3 is 2.48 bits per heavy atom. The second kappa shape index (κ2) is 5.94. The highest BCUT2D eigenvalue weighted by atomic mass is 19.4. The maximum atomic E-state index is 12.7. The number of aromatic nitrogens is 4. The van der Waals surface area contributed by atoms with E-state index in [1.165, 1.54) is 13.1 Å². The number of alkyl halides is 3. The van der Waals surface area contributed by atoms with E-state index in [4.69, 9.17) is 4.52 Å². The number of nitrogens with zero attached hydrogens (tertiary/aromatic N) is 4. The Kier molecular flexibility index (Phi) is 4.24. The maximum Gasteiger partial charge on any atom is 0.451 e. The predicted molar refractivity (Wildman–Crippen MR) is 67.8 cm³/mol. The van der Waals surface area contributed by atoms with Gasteiger partial charge in [-0.3, -0.25) is 0 Å². The number of aryl methyl sites for hydroxylation is 1. The second-order valence-electron chi connectivity index (χ2n) is 4.12. The lowest BCUT2D eigenvalue weighted by Crippen LogP contribution is -2.15. The molecule has 0 aromatic carbocycles. The Morgan fingerprint density at radius 1 is 1.19 bits per heavy atom. The van der Waals surface area contributed by atoms with E-state index in [9.17, 15) is 13.2 Å². The summed E-state index contributed by atoms with van der Waals surface area (Å²) in [5.41, 5.74) is 0. The van der Waals surface area contributed by atoms with Crippen LogP contribution >= 0.6 is 0 Å². The van der Waals surface area contributed by atoms with E-state index in [0.29, 0.717) is 24.7 Å². The van der Waals surface area contributed by atoms with Crippen molar-refractivity contribution in [1.29, 1.82) is 0 Å². The van der Waals surface area contributed by atoms with Gasteiger partial charge in [0.05, 0.1) is 0 Å². The third-order valence-electron chi connectivity index (χ3n) is 2.45. The number of nitrogens with one attached hydrogen (secondary N) is 2. The molecule has 0 aliphatic carbocycles. The Balaban J connectivity index is 2.05. The zero-order valence-corrected chi connectivity index (χ0v) is 11.3. The summed E-state index contributed by atoms with van der Waals surface area (Å²) < 4.78 is 42.9. The molecule has 0 bridgehead atoms. The van der Waals surface area contributed by atoms with Crippen molar-refractivity contribution in [1.82, 2.24) is 20.1 Å². The van der Waals surface area contributed by atoms with E-state index in [-0.39, 0.29) is 11.6 Å². The maximum absolute atomic E-state index is 12.7. The molecule has 0 spiro atoms. The van der Waals surface area contributed by atoms with Crippen LogP contribution in [0.3, 0.4) is 0 Å². The number of halogens is 3. The number of hydrogen-bond acceptors (Lipinski definition) is 7. The molecule has 114 valence electrons. The summed E-state index contributed by atoms with van der Waals surface area (Å²) in [4.78, 5) is 10.8. The molecular formula is C11H13F3N6O. The average molecular weight is 302 g/mol. The molecule has 0 aliphatic rings. The number of hydrogen-bond donors (Lipinski definition) is 2. The molecule has 10 heteroatoms. The highest BCUT2D eigenvalue weighted by molar-refractivity contribution is 5.47. The summed E-state index contributed by atoms with van der Waals surface area (Å²) in [6.45, 7) is 1.98. The SMILES string of the molecule is CNc1cc(NCCc2nc(C)no2)nc(C(F)(F)F)n1. The van der Waals surface area contributed by atoms with Crippen molar-refractivity contribution >= 4 is 11.6 Å². The smallest absolute Gasteiger partial charge is 0.373 e. The van der Waals surface area contributed by atoms with Crippen molar-refractivity contribution < 1.29 is 17.7 Å². The van der Waals surface area contributed by atoms with Crippen molar-refractivity contribution in [3.8, 4) is 0 Å². The van der Waals surface area contributed by atoms with Crippen molar-refractivity contribution in [3.63, 3.8) is 0 Å². The molecule has 21 heavy (non-hydrogen) atoms. The topological polar surface area (TPSA) is 88.8 Å². The Morgan fingerprint density at radius 2 is 1.90 bits per heavy atom. The van der Waals surface area contributed by atoms with Gasteiger partial charge >= 0.3 is 6.18 Å². The van der Waals surface area contributed by atoms with Gasteiger partial charge in [0.1, 0.15) is 11.6 Å². The van der Waals surface area contributed by atoms with Gasteiger partial charge in [-0.1, -0.05) is 5.16 Å². The van der Waals surface area contributed by atoms with Crippen LogP contribution in [0.2, 0.25) is 0 Å². The molecule has 0 amide bonds. The molecule has 0 saturated carbocycles. The number of rotatable bonds is 5. The first-order valence-corrected chi connectivity index (χ1v) is 6.05. The summed E-state index contributed by atoms with van der Waals surface area (Å²) >= 11 is 0. The minimum Gasteiger partial charge on any atom is -0.373 e. The predicted octanol–water partition coefficient (Wildman–Crippen LogP) is 1.88. The number of anilines is 2. The standard InChI is InChI=1S/C11H13F3N6O/c1-6-17-9(21-20-6)3-4-16-8-5-7(15-2)18-10(19-8)11(12,13)14/h5H,3-4H2,1-2H3,(H2,15,16,18,19). The summed E-state index contributed by atoms with van der Waals surface area (Å²) in [5.74, 6) is -0.153. The lowest BCUT2D eigenvalue weighted by molar-refractivity contribution is -0.144. The summed E-state index contributed by atoms with van der Waals surface area (Å²) in [6, 6.07) is 1.38. The van der Waals surface area contributed by atoms with Crippen LogP contribution in [-0.4, -0.2) is 33.7 Å². The molecule has 0 unspecified atom stereocenters. The fourth-order valence-corrected chi connectivity index (χ4v) is 1.53. The Hall–Kier alpha value is -2.39. The van der Waals surface area contributed by atoms with Gasteiger partial charge in [-0.25, -0.2) is 9.97 Å². The van der Waals surface area contributed by atoms with Crippen molar-refractivity contribution in [2.75, 3.05) is 24.2 Å². The molecule has 0 saturated heterocycles. The Labute approximate surface area is 118 Å². The molecule has 0 fully saturated rings. The molecule has 2 heterocycles. The van der Waals surface area contributed by atoms with Crippen LogP contribution in [0, 0.1) is 6.92 Å². The van der Waals surface area contributed by atoms with Gasteiger partial charge in [0.25, 0.3) is 0 Å². The van der Waals surface area contributed by atoms with Gasteiger partial charge in [0.15, 0.2) is 5.82 Å². The highest BCUT2D eigenvalue weighted by Gasteiger charge is 2.35. The largest absolute Gasteiger partial charge is 0.451 e. The average Bonchev–Trinajstić information content (AvgIpc) is 2.83. The van der Waals surface area contributed by atoms with E-state index in [1.807, 2.05) is 0 Å². The lowest BCUT2D eigenvalue weighted by Gasteiger charge is -2.10. The first-order chi connectivity index (χ1) is 9.88. The van der Waals surface area contributed by atoms with Gasteiger partial charge in [0, 0.05) is 26.1 Å². The molecule has 2 aromatic heterocycles. The molecule has 0 atom stereocenters. The van der Waals surface area contributed by atoms with Gasteiger partial charge < -0.3 is 15.2 Å². The van der Waals surface area contributed by atoms with E-state index in [2.05, 4.69) is 30.7 Å². The van der Waals surface area contributed by atoms with Gasteiger partial charge in [-0.05, 0) is 6.92 Å². The molecule has 0 aliphatic heterocycles. The minimum atomic E-state index is -4.60. The van der Waals surface area contributed by atoms with Crippen LogP contribution in [0.5, 0.6) is 0 Å². The molecule has 2 rings (SSSR count). The first-order valence-electron chi connectivity index (χ1n) is 6.05. The monoisotopic (exact) mass is 302 g/mol. The van der Waals surface area contributed by atoms with Crippen LogP contribution in [0.15, 0.2) is 10.6 Å². The van der Waals surface area contributed by atoms with Crippen molar-refractivity contribution in [2.45, 2.75) is 19.5 Å².